The van der Waals surface area contributed by atoms with Crippen LogP contribution in [0.1, 0.15) is 5.56 Å². The van der Waals surface area contributed by atoms with Gasteiger partial charge in [0.2, 0.25) is 5.91 Å². The molecule has 2 heterocycles. The van der Waals surface area contributed by atoms with Crippen molar-refractivity contribution in [2.75, 3.05) is 22.5 Å². The van der Waals surface area contributed by atoms with E-state index in [2.05, 4.69) is 25.9 Å². The number of rotatable bonds is 3. The lowest BCUT2D eigenvalue weighted by molar-refractivity contribution is -0.114. The average molecular weight is 273 g/mol. The lowest BCUT2D eigenvalue weighted by Gasteiger charge is -2.20. The SMILES string of the molecule is O=C1CNc2ncnc(NCc3ccc(F)cc3)c2N1. The highest BCUT2D eigenvalue weighted by atomic mass is 19.1. The average Bonchev–Trinajstić information content (AvgIpc) is 2.47. The molecule has 0 fully saturated rings. The molecule has 0 unspecified atom stereocenters. The molecule has 1 amide bonds. The number of fused-ring (bicyclic) bond motifs is 1. The first-order valence-electron chi connectivity index (χ1n) is 6.09. The van der Waals surface area contributed by atoms with Crippen molar-refractivity contribution in [3.05, 3.63) is 42.0 Å². The second-order valence-corrected chi connectivity index (χ2v) is 4.33. The van der Waals surface area contributed by atoms with Crippen LogP contribution in [0, 0.1) is 5.82 Å². The van der Waals surface area contributed by atoms with Crippen molar-refractivity contribution in [1.29, 1.82) is 0 Å². The van der Waals surface area contributed by atoms with Gasteiger partial charge in [0.1, 0.15) is 17.8 Å². The maximum Gasteiger partial charge on any atom is 0.243 e. The van der Waals surface area contributed by atoms with E-state index in [9.17, 15) is 9.18 Å². The topological polar surface area (TPSA) is 78.9 Å². The summed E-state index contributed by atoms with van der Waals surface area (Å²) in [5, 5.41) is 8.73. The molecule has 6 nitrogen and oxygen atoms in total. The van der Waals surface area contributed by atoms with Crippen LogP contribution < -0.4 is 16.0 Å². The van der Waals surface area contributed by atoms with Crippen LogP contribution in [0.5, 0.6) is 0 Å². The summed E-state index contributed by atoms with van der Waals surface area (Å²) >= 11 is 0. The molecule has 20 heavy (non-hydrogen) atoms. The van der Waals surface area contributed by atoms with Gasteiger partial charge in [-0.15, -0.1) is 0 Å². The van der Waals surface area contributed by atoms with Crippen LogP contribution in [0.15, 0.2) is 30.6 Å². The standard InChI is InChI=1S/C13H12FN5O/c14-9-3-1-8(2-4-9)5-15-12-11-13(18-7-17-12)16-6-10(20)19-11/h1-4,7H,5-6H2,(H,19,20)(H2,15,16,17,18). The molecule has 0 saturated carbocycles. The third-order valence-electron chi connectivity index (χ3n) is 2.90. The summed E-state index contributed by atoms with van der Waals surface area (Å²) in [6.07, 6.45) is 1.41. The Balaban J connectivity index is 1.78. The predicted molar refractivity (Wildman–Crippen MR) is 72.9 cm³/mol. The number of amides is 1. The highest BCUT2D eigenvalue weighted by Gasteiger charge is 2.19. The fraction of sp³-hybridized carbons (Fsp3) is 0.154. The Kier molecular flexibility index (Phi) is 3.16. The molecule has 7 heteroatoms. The summed E-state index contributed by atoms with van der Waals surface area (Å²) in [6, 6.07) is 6.17. The Morgan fingerprint density at radius 2 is 2.05 bits per heavy atom. The van der Waals surface area contributed by atoms with Crippen LogP contribution >= 0.6 is 0 Å². The smallest absolute Gasteiger partial charge is 0.243 e. The van der Waals surface area contributed by atoms with Crippen molar-refractivity contribution in [2.24, 2.45) is 0 Å². The highest BCUT2D eigenvalue weighted by Crippen LogP contribution is 2.28. The molecule has 1 aliphatic heterocycles. The molecule has 3 rings (SSSR count). The van der Waals surface area contributed by atoms with E-state index < -0.39 is 0 Å². The quantitative estimate of drug-likeness (QED) is 0.791. The van der Waals surface area contributed by atoms with Gasteiger partial charge < -0.3 is 16.0 Å². The Morgan fingerprint density at radius 1 is 1.25 bits per heavy atom. The van der Waals surface area contributed by atoms with Crippen molar-refractivity contribution in [3.63, 3.8) is 0 Å². The Morgan fingerprint density at radius 3 is 2.85 bits per heavy atom. The minimum Gasteiger partial charge on any atom is -0.364 e. The highest BCUT2D eigenvalue weighted by molar-refractivity contribution is 6.02. The first-order valence-corrected chi connectivity index (χ1v) is 6.09. The van der Waals surface area contributed by atoms with E-state index in [4.69, 9.17) is 0 Å². The van der Waals surface area contributed by atoms with Crippen molar-refractivity contribution in [3.8, 4) is 0 Å². The molecular formula is C13H12FN5O. The number of nitrogens with one attached hydrogen (secondary N) is 3. The Hall–Kier alpha value is -2.70. The van der Waals surface area contributed by atoms with Gasteiger partial charge in [-0.2, -0.15) is 0 Å². The largest absolute Gasteiger partial charge is 0.364 e. The number of benzene rings is 1. The lowest BCUT2D eigenvalue weighted by Crippen LogP contribution is -2.29. The van der Waals surface area contributed by atoms with Crippen molar-refractivity contribution in [2.45, 2.75) is 6.54 Å². The summed E-state index contributed by atoms with van der Waals surface area (Å²) in [7, 11) is 0. The maximum atomic E-state index is 12.8. The van der Waals surface area contributed by atoms with Gasteiger partial charge in [0.05, 0.1) is 6.54 Å². The van der Waals surface area contributed by atoms with Gasteiger partial charge in [-0.25, -0.2) is 14.4 Å². The fourth-order valence-corrected chi connectivity index (χ4v) is 1.91. The van der Waals surface area contributed by atoms with E-state index in [-0.39, 0.29) is 18.3 Å². The molecule has 3 N–H and O–H groups in total. The third-order valence-corrected chi connectivity index (χ3v) is 2.90. The van der Waals surface area contributed by atoms with E-state index in [0.29, 0.717) is 23.9 Å². The Labute approximate surface area is 114 Å². The monoisotopic (exact) mass is 273 g/mol. The van der Waals surface area contributed by atoms with E-state index in [0.717, 1.165) is 5.56 Å². The number of anilines is 3. The summed E-state index contributed by atoms with van der Waals surface area (Å²) < 4.78 is 12.8. The zero-order valence-corrected chi connectivity index (χ0v) is 10.5. The molecule has 0 radical (unpaired) electrons. The van der Waals surface area contributed by atoms with Gasteiger partial charge in [-0.05, 0) is 17.7 Å². The van der Waals surface area contributed by atoms with Crippen LogP contribution in [0.4, 0.5) is 21.7 Å². The molecule has 1 aromatic carbocycles. The van der Waals surface area contributed by atoms with Gasteiger partial charge in [-0.3, -0.25) is 4.79 Å². The number of halogens is 1. The van der Waals surface area contributed by atoms with Gasteiger partial charge >= 0.3 is 0 Å². The normalized spacial score (nSPS) is 13.2. The molecule has 1 aliphatic rings. The van der Waals surface area contributed by atoms with Crippen LogP contribution in [-0.4, -0.2) is 22.4 Å². The first kappa shape index (κ1) is 12.3. The van der Waals surface area contributed by atoms with E-state index in [1.807, 2.05) is 0 Å². The molecule has 1 aromatic heterocycles. The second kappa shape index (κ2) is 5.12. The summed E-state index contributed by atoms with van der Waals surface area (Å²) in [5.41, 5.74) is 1.44. The van der Waals surface area contributed by atoms with Gasteiger partial charge in [0.25, 0.3) is 0 Å². The fourth-order valence-electron chi connectivity index (χ4n) is 1.91. The molecule has 0 atom stereocenters. The predicted octanol–water partition coefficient (Wildman–Crippen LogP) is 1.59. The van der Waals surface area contributed by atoms with Crippen LogP contribution in [-0.2, 0) is 11.3 Å². The van der Waals surface area contributed by atoms with E-state index in [1.165, 1.54) is 18.5 Å². The molecule has 102 valence electrons. The molecule has 0 bridgehead atoms. The van der Waals surface area contributed by atoms with Gasteiger partial charge in [-0.1, -0.05) is 12.1 Å². The second-order valence-electron chi connectivity index (χ2n) is 4.33. The zero-order chi connectivity index (χ0) is 13.9. The van der Waals surface area contributed by atoms with Crippen LogP contribution in [0.25, 0.3) is 0 Å². The Bertz CT molecular complexity index is 644. The number of carbonyl (C=O) groups is 1. The number of carbonyl (C=O) groups excluding carboxylic acids is 1. The molecule has 2 aromatic rings. The minimum atomic E-state index is -0.273. The van der Waals surface area contributed by atoms with Crippen LogP contribution in [0.3, 0.4) is 0 Å². The molecular weight excluding hydrogens is 261 g/mol. The summed E-state index contributed by atoms with van der Waals surface area (Å²) in [6.45, 7) is 0.668. The summed E-state index contributed by atoms with van der Waals surface area (Å²) in [4.78, 5) is 19.6. The number of hydrogen-bond acceptors (Lipinski definition) is 5. The number of nitrogens with zero attached hydrogens (tertiary/aromatic N) is 2. The van der Waals surface area contributed by atoms with Gasteiger partial charge in [0.15, 0.2) is 11.6 Å². The van der Waals surface area contributed by atoms with E-state index in [1.54, 1.807) is 12.1 Å². The lowest BCUT2D eigenvalue weighted by atomic mass is 10.2. The van der Waals surface area contributed by atoms with E-state index >= 15 is 0 Å². The van der Waals surface area contributed by atoms with Crippen molar-refractivity contribution in [1.82, 2.24) is 9.97 Å². The third kappa shape index (κ3) is 2.51. The zero-order valence-electron chi connectivity index (χ0n) is 10.5. The van der Waals surface area contributed by atoms with Gasteiger partial charge in [0, 0.05) is 6.54 Å². The van der Waals surface area contributed by atoms with Crippen LogP contribution in [0.2, 0.25) is 0 Å². The number of aromatic nitrogens is 2. The minimum absolute atomic E-state index is 0.142. The molecule has 0 aliphatic carbocycles. The molecule has 0 saturated heterocycles. The molecule has 0 spiro atoms. The van der Waals surface area contributed by atoms with Crippen molar-refractivity contribution >= 4 is 23.2 Å². The number of hydrogen-bond donors (Lipinski definition) is 3. The summed E-state index contributed by atoms with van der Waals surface area (Å²) in [5.74, 6) is 0.697. The van der Waals surface area contributed by atoms with Crippen molar-refractivity contribution < 1.29 is 9.18 Å². The first-order chi connectivity index (χ1) is 9.72. The maximum absolute atomic E-state index is 12.8.